The van der Waals surface area contributed by atoms with Gasteiger partial charge in [-0.15, -0.1) is 0 Å². The lowest BCUT2D eigenvalue weighted by Crippen LogP contribution is -2.58. The molecule has 0 saturated heterocycles. The molecule has 0 heterocycles. The van der Waals surface area contributed by atoms with Crippen LogP contribution in [0.2, 0.25) is 0 Å². The highest BCUT2D eigenvalue weighted by Crippen LogP contribution is 2.59. The summed E-state index contributed by atoms with van der Waals surface area (Å²) in [5, 5.41) is 0. The zero-order valence-corrected chi connectivity index (χ0v) is 14.6. The smallest absolute Gasteiger partial charge is 0.326 e. The van der Waals surface area contributed by atoms with Crippen molar-refractivity contribution < 1.29 is 14.3 Å². The molecule has 4 bridgehead atoms. The molecular formula is C19H29NO3. The van der Waals surface area contributed by atoms with Crippen molar-refractivity contribution in [2.75, 3.05) is 13.1 Å². The van der Waals surface area contributed by atoms with Crippen LogP contribution < -0.4 is 0 Å². The fourth-order valence-corrected chi connectivity index (χ4v) is 5.32. The average molecular weight is 319 g/mol. The SMILES string of the molecule is C=C(C)C(=O)N(CC)CC(=O)OC1(C)C2CC3CC(C2)CC1C3. The van der Waals surface area contributed by atoms with Gasteiger partial charge in [-0.2, -0.15) is 0 Å². The van der Waals surface area contributed by atoms with Gasteiger partial charge in [-0.25, -0.2) is 0 Å². The summed E-state index contributed by atoms with van der Waals surface area (Å²) in [6.07, 6.45) is 6.21. The topological polar surface area (TPSA) is 46.6 Å². The predicted molar refractivity (Wildman–Crippen MR) is 88.6 cm³/mol. The molecule has 0 spiro atoms. The van der Waals surface area contributed by atoms with Crippen molar-refractivity contribution >= 4 is 11.9 Å². The second-order valence-electron chi connectivity index (χ2n) is 8.06. The van der Waals surface area contributed by atoms with E-state index in [0.717, 1.165) is 11.8 Å². The van der Waals surface area contributed by atoms with Crippen LogP contribution in [0.25, 0.3) is 0 Å². The van der Waals surface area contributed by atoms with Crippen molar-refractivity contribution in [1.82, 2.24) is 4.90 Å². The van der Waals surface area contributed by atoms with Gasteiger partial charge in [-0.05, 0) is 76.5 Å². The van der Waals surface area contributed by atoms with Crippen LogP contribution in [-0.2, 0) is 14.3 Å². The Morgan fingerprint density at radius 3 is 2.09 bits per heavy atom. The van der Waals surface area contributed by atoms with Gasteiger partial charge in [0.25, 0.3) is 0 Å². The van der Waals surface area contributed by atoms with Crippen molar-refractivity contribution in [2.45, 2.75) is 58.5 Å². The number of carbonyl (C=O) groups is 2. The van der Waals surface area contributed by atoms with Crippen LogP contribution in [-0.4, -0.2) is 35.5 Å². The quantitative estimate of drug-likeness (QED) is 0.577. The standard InChI is InChI=1S/C19H29NO3/c1-5-20(18(22)12(2)3)11-17(21)23-19(4)15-7-13-6-14(9-15)10-16(19)8-13/h13-16H,2,5-11H2,1,3-4H3. The van der Waals surface area contributed by atoms with Gasteiger partial charge in [0.15, 0.2) is 0 Å². The van der Waals surface area contributed by atoms with E-state index in [2.05, 4.69) is 13.5 Å². The predicted octanol–water partition coefficient (Wildman–Crippen LogP) is 3.17. The number of nitrogens with zero attached hydrogens (tertiary/aromatic N) is 1. The maximum Gasteiger partial charge on any atom is 0.326 e. The van der Waals surface area contributed by atoms with Crippen molar-refractivity contribution in [2.24, 2.45) is 23.7 Å². The molecule has 0 radical (unpaired) electrons. The Balaban J connectivity index is 1.65. The number of carbonyl (C=O) groups excluding carboxylic acids is 2. The van der Waals surface area contributed by atoms with Gasteiger partial charge in [0.1, 0.15) is 12.1 Å². The molecular weight excluding hydrogens is 290 g/mol. The maximum absolute atomic E-state index is 12.5. The Labute approximate surface area is 139 Å². The number of hydrogen-bond acceptors (Lipinski definition) is 3. The molecule has 4 aliphatic carbocycles. The number of amides is 1. The van der Waals surface area contributed by atoms with Gasteiger partial charge in [-0.1, -0.05) is 6.58 Å². The first-order valence-corrected chi connectivity index (χ1v) is 9.00. The molecule has 128 valence electrons. The van der Waals surface area contributed by atoms with E-state index in [-0.39, 0.29) is 24.0 Å². The third kappa shape index (κ3) is 2.92. The molecule has 0 aromatic carbocycles. The Hall–Kier alpha value is -1.32. The normalized spacial score (nSPS) is 37.5. The molecule has 4 rings (SSSR count). The highest BCUT2D eigenvalue weighted by molar-refractivity contribution is 5.94. The second-order valence-corrected chi connectivity index (χ2v) is 8.06. The van der Waals surface area contributed by atoms with Crippen molar-refractivity contribution in [3.63, 3.8) is 0 Å². The summed E-state index contributed by atoms with van der Waals surface area (Å²) in [6, 6.07) is 0. The van der Waals surface area contributed by atoms with Crippen molar-refractivity contribution in [3.05, 3.63) is 12.2 Å². The highest BCUT2D eigenvalue weighted by atomic mass is 16.6. The average Bonchev–Trinajstić information content (AvgIpc) is 2.49. The summed E-state index contributed by atoms with van der Waals surface area (Å²) in [5.41, 5.74) is 0.136. The molecule has 1 amide bonds. The Kier molecular flexibility index (Phi) is 4.28. The van der Waals surface area contributed by atoms with E-state index in [0.29, 0.717) is 24.0 Å². The van der Waals surface area contributed by atoms with Crippen molar-refractivity contribution in [1.29, 1.82) is 0 Å². The number of ether oxygens (including phenoxy) is 1. The summed E-state index contributed by atoms with van der Waals surface area (Å²) in [4.78, 5) is 26.1. The molecule has 4 fully saturated rings. The third-order valence-corrected chi connectivity index (χ3v) is 6.45. The van der Waals surface area contributed by atoms with Crippen LogP contribution in [0.3, 0.4) is 0 Å². The molecule has 0 N–H and O–H groups in total. The molecule has 0 atom stereocenters. The van der Waals surface area contributed by atoms with Gasteiger partial charge in [-0.3, -0.25) is 9.59 Å². The van der Waals surface area contributed by atoms with Crippen LogP contribution in [0.4, 0.5) is 0 Å². The van der Waals surface area contributed by atoms with E-state index in [4.69, 9.17) is 4.74 Å². The van der Waals surface area contributed by atoms with E-state index in [9.17, 15) is 9.59 Å². The summed E-state index contributed by atoms with van der Waals surface area (Å²) >= 11 is 0. The lowest BCUT2D eigenvalue weighted by Gasteiger charge is -2.59. The minimum atomic E-state index is -0.323. The number of rotatable bonds is 5. The van der Waals surface area contributed by atoms with Gasteiger partial charge < -0.3 is 9.64 Å². The summed E-state index contributed by atoms with van der Waals surface area (Å²) in [6.45, 7) is 9.89. The highest BCUT2D eigenvalue weighted by Gasteiger charge is 2.57. The molecule has 0 unspecified atom stereocenters. The van der Waals surface area contributed by atoms with Crippen LogP contribution in [0, 0.1) is 23.7 Å². The molecule has 4 heteroatoms. The van der Waals surface area contributed by atoms with Crippen LogP contribution in [0.15, 0.2) is 12.2 Å². The number of hydrogen-bond donors (Lipinski definition) is 0. The number of esters is 1. The van der Waals surface area contributed by atoms with Gasteiger partial charge >= 0.3 is 5.97 Å². The maximum atomic E-state index is 12.5. The van der Waals surface area contributed by atoms with E-state index in [1.54, 1.807) is 6.92 Å². The minimum Gasteiger partial charge on any atom is -0.457 e. The van der Waals surface area contributed by atoms with Gasteiger partial charge in [0.05, 0.1) is 0 Å². The minimum absolute atomic E-state index is 0.0318. The molecule has 4 aliphatic rings. The Morgan fingerprint density at radius 2 is 1.65 bits per heavy atom. The summed E-state index contributed by atoms with van der Waals surface area (Å²) < 4.78 is 6.01. The van der Waals surface area contributed by atoms with Gasteiger partial charge in [0, 0.05) is 12.1 Å². The Bertz CT molecular complexity index is 497. The van der Waals surface area contributed by atoms with E-state index in [1.807, 2.05) is 6.92 Å². The summed E-state index contributed by atoms with van der Waals surface area (Å²) in [7, 11) is 0. The lowest BCUT2D eigenvalue weighted by atomic mass is 9.50. The fraction of sp³-hybridized carbons (Fsp3) is 0.789. The largest absolute Gasteiger partial charge is 0.457 e. The molecule has 4 nitrogen and oxygen atoms in total. The zero-order valence-electron chi connectivity index (χ0n) is 14.6. The van der Waals surface area contributed by atoms with Gasteiger partial charge in [0.2, 0.25) is 5.91 Å². The fourth-order valence-electron chi connectivity index (χ4n) is 5.32. The second kappa shape index (κ2) is 5.95. The van der Waals surface area contributed by atoms with E-state index >= 15 is 0 Å². The first kappa shape index (κ1) is 16.5. The van der Waals surface area contributed by atoms with Crippen LogP contribution in [0.1, 0.15) is 52.9 Å². The lowest BCUT2D eigenvalue weighted by molar-refractivity contribution is -0.204. The molecule has 23 heavy (non-hydrogen) atoms. The van der Waals surface area contributed by atoms with E-state index in [1.165, 1.54) is 37.0 Å². The monoisotopic (exact) mass is 319 g/mol. The van der Waals surface area contributed by atoms with Crippen LogP contribution in [0.5, 0.6) is 0 Å². The first-order valence-electron chi connectivity index (χ1n) is 9.00. The number of likely N-dealkylation sites (N-methyl/N-ethyl adjacent to an activating group) is 1. The summed E-state index contributed by atoms with van der Waals surface area (Å²) in [5.74, 6) is 2.28. The van der Waals surface area contributed by atoms with Crippen molar-refractivity contribution in [3.8, 4) is 0 Å². The Morgan fingerprint density at radius 1 is 1.13 bits per heavy atom. The molecule has 0 aromatic heterocycles. The van der Waals surface area contributed by atoms with E-state index < -0.39 is 0 Å². The zero-order chi connectivity index (χ0) is 16.8. The molecule has 4 saturated carbocycles. The molecule has 0 aliphatic heterocycles. The van der Waals surface area contributed by atoms with Crippen LogP contribution >= 0.6 is 0 Å². The first-order chi connectivity index (χ1) is 10.8. The third-order valence-electron chi connectivity index (χ3n) is 6.45. The molecule has 0 aromatic rings.